The van der Waals surface area contributed by atoms with Gasteiger partial charge in [-0.3, -0.25) is 9.59 Å². The van der Waals surface area contributed by atoms with E-state index in [0.29, 0.717) is 37.4 Å². The van der Waals surface area contributed by atoms with E-state index in [0.717, 1.165) is 0 Å². The molecule has 2 aromatic rings. The lowest BCUT2D eigenvalue weighted by Crippen LogP contribution is -2.50. The molecule has 7 nitrogen and oxygen atoms in total. The van der Waals surface area contributed by atoms with Gasteiger partial charge in [0.15, 0.2) is 12.4 Å². The van der Waals surface area contributed by atoms with Crippen molar-refractivity contribution in [2.45, 2.75) is 6.92 Å². The quantitative estimate of drug-likeness (QED) is 0.392. The fourth-order valence-corrected chi connectivity index (χ4v) is 3.28. The van der Waals surface area contributed by atoms with E-state index in [-0.39, 0.29) is 27.4 Å². The molecule has 0 aliphatic carbocycles. The molecule has 0 N–H and O–H groups in total. The van der Waals surface area contributed by atoms with Crippen molar-refractivity contribution in [2.24, 2.45) is 0 Å². The van der Waals surface area contributed by atoms with Gasteiger partial charge in [0.1, 0.15) is 11.0 Å². The first-order valence-corrected chi connectivity index (χ1v) is 9.83. The summed E-state index contributed by atoms with van der Waals surface area (Å²) in [4.78, 5) is 42.8. The Labute approximate surface area is 182 Å². The third kappa shape index (κ3) is 5.06. The summed E-state index contributed by atoms with van der Waals surface area (Å²) in [5, 5.41) is 0.173. The molecule has 0 bridgehead atoms. The van der Waals surface area contributed by atoms with Crippen molar-refractivity contribution in [3.8, 4) is 0 Å². The number of ether oxygens (including phenoxy) is 1. The summed E-state index contributed by atoms with van der Waals surface area (Å²) in [6.07, 6.45) is 1.21. The average molecular weight is 454 g/mol. The highest BCUT2D eigenvalue weighted by Crippen LogP contribution is 2.23. The van der Waals surface area contributed by atoms with Crippen LogP contribution < -0.4 is 4.90 Å². The Kier molecular flexibility index (Phi) is 6.89. The van der Waals surface area contributed by atoms with Crippen LogP contribution in [0.25, 0.3) is 0 Å². The largest absolute Gasteiger partial charge is 0.452 e. The lowest BCUT2D eigenvalue weighted by Gasteiger charge is -2.36. The smallest absolute Gasteiger partial charge is 0.340 e. The van der Waals surface area contributed by atoms with Gasteiger partial charge in [-0.1, -0.05) is 23.2 Å². The Morgan fingerprint density at radius 1 is 1.10 bits per heavy atom. The van der Waals surface area contributed by atoms with Crippen molar-refractivity contribution in [3.05, 3.63) is 57.6 Å². The molecule has 1 aliphatic rings. The molecule has 2 heterocycles. The first-order chi connectivity index (χ1) is 14.3. The number of ketones is 1. The van der Waals surface area contributed by atoms with Gasteiger partial charge in [-0.25, -0.2) is 14.2 Å². The van der Waals surface area contributed by atoms with Crippen LogP contribution >= 0.6 is 23.2 Å². The number of nitrogens with zero attached hydrogens (tertiary/aromatic N) is 3. The van der Waals surface area contributed by atoms with Crippen molar-refractivity contribution in [2.75, 3.05) is 37.7 Å². The second-order valence-electron chi connectivity index (χ2n) is 6.66. The zero-order valence-corrected chi connectivity index (χ0v) is 17.5. The Balaban J connectivity index is 1.52. The maximum atomic E-state index is 14.3. The summed E-state index contributed by atoms with van der Waals surface area (Å²) in [7, 11) is 0. The molecule has 0 saturated carbocycles. The molecule has 1 aromatic heterocycles. The molecule has 1 saturated heterocycles. The molecule has 3 rings (SSSR count). The summed E-state index contributed by atoms with van der Waals surface area (Å²) in [6, 6.07) is 5.67. The summed E-state index contributed by atoms with van der Waals surface area (Å²) < 4.78 is 19.3. The van der Waals surface area contributed by atoms with Gasteiger partial charge < -0.3 is 14.5 Å². The molecular weight excluding hydrogens is 436 g/mol. The molecule has 0 atom stereocenters. The normalized spacial score (nSPS) is 13.9. The highest BCUT2D eigenvalue weighted by atomic mass is 35.5. The Hall–Kier alpha value is -2.71. The minimum Gasteiger partial charge on any atom is -0.452 e. The maximum absolute atomic E-state index is 14.3. The molecule has 1 fully saturated rings. The Morgan fingerprint density at radius 3 is 2.40 bits per heavy atom. The number of esters is 1. The minimum absolute atomic E-state index is 0.0644. The van der Waals surface area contributed by atoms with Gasteiger partial charge in [0.2, 0.25) is 0 Å². The predicted molar refractivity (Wildman–Crippen MR) is 110 cm³/mol. The first kappa shape index (κ1) is 22.0. The van der Waals surface area contributed by atoms with Crippen molar-refractivity contribution in [1.82, 2.24) is 9.88 Å². The van der Waals surface area contributed by atoms with Crippen molar-refractivity contribution >= 4 is 46.5 Å². The number of amides is 1. The number of carbonyl (C=O) groups excluding carboxylic acids is 3. The molecule has 0 radical (unpaired) electrons. The van der Waals surface area contributed by atoms with E-state index in [4.69, 9.17) is 27.9 Å². The Bertz CT molecular complexity index is 994. The van der Waals surface area contributed by atoms with Gasteiger partial charge in [-0.2, -0.15) is 0 Å². The molecule has 1 aromatic carbocycles. The molecule has 0 unspecified atom stereocenters. The monoisotopic (exact) mass is 453 g/mol. The molecule has 30 heavy (non-hydrogen) atoms. The van der Waals surface area contributed by atoms with Crippen LogP contribution in [-0.4, -0.2) is 60.3 Å². The van der Waals surface area contributed by atoms with Gasteiger partial charge in [0.25, 0.3) is 5.91 Å². The van der Waals surface area contributed by atoms with Crippen molar-refractivity contribution in [3.63, 3.8) is 0 Å². The van der Waals surface area contributed by atoms with Gasteiger partial charge in [-0.05, 0) is 31.2 Å². The second-order valence-corrected chi connectivity index (χ2v) is 7.43. The number of piperazine rings is 1. The highest BCUT2D eigenvalue weighted by Gasteiger charge is 2.24. The first-order valence-electron chi connectivity index (χ1n) is 9.07. The topological polar surface area (TPSA) is 79.8 Å². The van der Waals surface area contributed by atoms with Crippen LogP contribution in [0, 0.1) is 5.82 Å². The van der Waals surface area contributed by atoms with Crippen LogP contribution in [0.2, 0.25) is 10.2 Å². The molecular formula is C20H18Cl2FN3O4. The predicted octanol–water partition coefficient (Wildman–Crippen LogP) is 3.24. The van der Waals surface area contributed by atoms with Gasteiger partial charge >= 0.3 is 5.97 Å². The lowest BCUT2D eigenvalue weighted by molar-refractivity contribution is -0.134. The van der Waals surface area contributed by atoms with Crippen LogP contribution in [-0.2, 0) is 9.53 Å². The second kappa shape index (κ2) is 9.40. The van der Waals surface area contributed by atoms with Gasteiger partial charge in [0, 0.05) is 37.9 Å². The number of aromatic nitrogens is 1. The summed E-state index contributed by atoms with van der Waals surface area (Å²) in [5.74, 6) is -1.78. The van der Waals surface area contributed by atoms with E-state index < -0.39 is 18.4 Å². The van der Waals surface area contributed by atoms with Crippen LogP contribution in [0.15, 0.2) is 30.5 Å². The number of anilines is 1. The number of halogens is 3. The number of hydrogen-bond acceptors (Lipinski definition) is 6. The lowest BCUT2D eigenvalue weighted by atomic mass is 10.1. The number of carbonyl (C=O) groups is 3. The average Bonchev–Trinajstić information content (AvgIpc) is 2.73. The zero-order chi connectivity index (χ0) is 21.8. The highest BCUT2D eigenvalue weighted by molar-refractivity contribution is 6.41. The molecule has 10 heteroatoms. The zero-order valence-electron chi connectivity index (χ0n) is 16.0. The number of Topliss-reactive ketones (excluding diaryl/α,β-unsaturated/α-hetero) is 1. The number of hydrogen-bond donors (Lipinski definition) is 0. The van der Waals surface area contributed by atoms with Gasteiger partial charge in [0.05, 0.1) is 16.3 Å². The molecule has 1 aliphatic heterocycles. The SMILES string of the molecule is CC(=O)c1ccc(N2CCN(C(=O)COC(=O)c3cnc(Cl)c(Cl)c3)CC2)c(F)c1. The van der Waals surface area contributed by atoms with E-state index in [9.17, 15) is 18.8 Å². The minimum atomic E-state index is -0.735. The fourth-order valence-electron chi connectivity index (χ4n) is 3.01. The van der Waals surface area contributed by atoms with Crippen LogP contribution in [0.4, 0.5) is 10.1 Å². The standard InChI is InChI=1S/C20H18Cl2FN3O4/c1-12(27)13-2-3-17(16(23)9-13)25-4-6-26(7-5-25)18(28)11-30-20(29)14-8-15(21)19(22)24-10-14/h2-3,8-10H,4-7,11H2,1H3. The van der Waals surface area contributed by atoms with Crippen molar-refractivity contribution < 1.29 is 23.5 Å². The summed E-state index contributed by atoms with van der Waals surface area (Å²) >= 11 is 11.5. The number of benzene rings is 1. The van der Waals surface area contributed by atoms with E-state index in [2.05, 4.69) is 4.98 Å². The fraction of sp³-hybridized carbons (Fsp3) is 0.300. The number of rotatable bonds is 5. The third-order valence-electron chi connectivity index (χ3n) is 4.69. The van der Waals surface area contributed by atoms with E-state index in [1.54, 1.807) is 21.9 Å². The van der Waals surface area contributed by atoms with Crippen LogP contribution in [0.3, 0.4) is 0 Å². The van der Waals surface area contributed by atoms with Crippen molar-refractivity contribution in [1.29, 1.82) is 0 Å². The van der Waals surface area contributed by atoms with Gasteiger partial charge in [-0.15, -0.1) is 0 Å². The summed E-state index contributed by atoms with van der Waals surface area (Å²) in [6.45, 7) is 2.46. The third-order valence-corrected chi connectivity index (χ3v) is 5.37. The Morgan fingerprint density at radius 2 is 1.80 bits per heavy atom. The number of pyridine rings is 1. The van der Waals surface area contributed by atoms with Crippen LogP contribution in [0.5, 0.6) is 0 Å². The molecule has 158 valence electrons. The van der Waals surface area contributed by atoms with E-state index >= 15 is 0 Å². The molecule has 0 spiro atoms. The van der Waals surface area contributed by atoms with Crippen LogP contribution in [0.1, 0.15) is 27.6 Å². The van der Waals surface area contributed by atoms with E-state index in [1.807, 2.05) is 0 Å². The summed E-state index contributed by atoms with van der Waals surface area (Å²) in [5.41, 5.74) is 0.779. The maximum Gasteiger partial charge on any atom is 0.340 e. The molecule has 1 amide bonds. The van der Waals surface area contributed by atoms with E-state index in [1.165, 1.54) is 25.3 Å².